The van der Waals surface area contributed by atoms with E-state index in [4.69, 9.17) is 4.42 Å². The van der Waals surface area contributed by atoms with Gasteiger partial charge in [0.2, 0.25) is 5.43 Å². The lowest BCUT2D eigenvalue weighted by Gasteiger charge is -2.10. The quantitative estimate of drug-likeness (QED) is 0.553. The summed E-state index contributed by atoms with van der Waals surface area (Å²) in [5.74, 6) is -0.413. The first-order valence-electron chi connectivity index (χ1n) is 6.44. The average Bonchev–Trinajstić information content (AvgIpc) is 2.42. The summed E-state index contributed by atoms with van der Waals surface area (Å²) in [7, 11) is 0. The van der Waals surface area contributed by atoms with Gasteiger partial charge in [0, 0.05) is 17.7 Å². The van der Waals surface area contributed by atoms with E-state index >= 15 is 0 Å². The molecule has 0 unspecified atom stereocenters. The van der Waals surface area contributed by atoms with E-state index in [9.17, 15) is 20.1 Å². The van der Waals surface area contributed by atoms with Crippen molar-refractivity contribution in [3.05, 3.63) is 39.0 Å². The summed E-state index contributed by atoms with van der Waals surface area (Å²) < 4.78 is 5.58. The van der Waals surface area contributed by atoms with Crippen LogP contribution in [-0.4, -0.2) is 15.3 Å². The summed E-state index contributed by atoms with van der Waals surface area (Å²) in [6.07, 6.45) is 0. The van der Waals surface area contributed by atoms with Crippen molar-refractivity contribution in [1.82, 2.24) is 0 Å². The first-order valence-corrected chi connectivity index (χ1v) is 6.44. The second kappa shape index (κ2) is 4.15. The van der Waals surface area contributed by atoms with Crippen molar-refractivity contribution >= 4 is 21.9 Å². The molecule has 0 saturated heterocycles. The molecule has 0 amide bonds. The molecule has 1 heterocycles. The van der Waals surface area contributed by atoms with E-state index < -0.39 is 0 Å². The van der Waals surface area contributed by atoms with E-state index in [-0.39, 0.29) is 44.8 Å². The molecule has 3 N–H and O–H groups in total. The Balaban J connectivity index is 2.67. The number of aromatic hydroxyl groups is 3. The number of phenolic OH excluding ortho intramolecular Hbond substituents is 3. The van der Waals surface area contributed by atoms with Gasteiger partial charge in [0.1, 0.15) is 33.8 Å². The van der Waals surface area contributed by atoms with Gasteiger partial charge in [-0.3, -0.25) is 4.79 Å². The molecule has 0 aliphatic rings. The molecule has 108 valence electrons. The van der Waals surface area contributed by atoms with Gasteiger partial charge in [-0.15, -0.1) is 0 Å². The highest BCUT2D eigenvalue weighted by Gasteiger charge is 2.19. The monoisotopic (exact) mass is 286 g/mol. The fraction of sp³-hybridized carbons (Fsp3) is 0.188. The first-order chi connectivity index (χ1) is 9.82. The molecule has 2 aromatic carbocycles. The minimum Gasteiger partial charge on any atom is -0.508 e. The van der Waals surface area contributed by atoms with Gasteiger partial charge in [0.05, 0.1) is 5.39 Å². The third kappa shape index (κ3) is 1.67. The van der Waals surface area contributed by atoms with E-state index in [1.807, 2.05) is 0 Å². The number of hydrogen-bond acceptors (Lipinski definition) is 5. The first kappa shape index (κ1) is 13.3. The average molecular weight is 286 g/mol. The van der Waals surface area contributed by atoms with Gasteiger partial charge in [-0.1, -0.05) is 0 Å². The molecule has 0 aliphatic carbocycles. The molecule has 3 aromatic rings. The van der Waals surface area contributed by atoms with Crippen molar-refractivity contribution in [3.63, 3.8) is 0 Å². The molecule has 0 radical (unpaired) electrons. The highest BCUT2D eigenvalue weighted by Crippen LogP contribution is 2.36. The number of fused-ring (bicyclic) bond motifs is 2. The van der Waals surface area contributed by atoms with Crippen LogP contribution in [0.4, 0.5) is 0 Å². The lowest BCUT2D eigenvalue weighted by atomic mass is 10.0. The Morgan fingerprint density at radius 1 is 0.810 bits per heavy atom. The highest BCUT2D eigenvalue weighted by atomic mass is 16.3. The van der Waals surface area contributed by atoms with E-state index in [1.54, 1.807) is 13.8 Å². The van der Waals surface area contributed by atoms with Crippen LogP contribution in [0.2, 0.25) is 0 Å². The van der Waals surface area contributed by atoms with Crippen molar-refractivity contribution in [2.45, 2.75) is 20.8 Å². The Kier molecular flexibility index (Phi) is 2.63. The van der Waals surface area contributed by atoms with Crippen LogP contribution in [0, 0.1) is 20.8 Å². The van der Waals surface area contributed by atoms with Crippen molar-refractivity contribution < 1.29 is 19.7 Å². The van der Waals surface area contributed by atoms with Crippen LogP contribution in [0.25, 0.3) is 21.9 Å². The molecule has 0 saturated carbocycles. The topological polar surface area (TPSA) is 90.9 Å². The van der Waals surface area contributed by atoms with Crippen LogP contribution in [0.3, 0.4) is 0 Å². The third-order valence-electron chi connectivity index (χ3n) is 4.00. The van der Waals surface area contributed by atoms with E-state index in [0.29, 0.717) is 16.5 Å². The lowest BCUT2D eigenvalue weighted by molar-refractivity contribution is 0.445. The van der Waals surface area contributed by atoms with E-state index in [0.717, 1.165) is 0 Å². The summed E-state index contributed by atoms with van der Waals surface area (Å²) in [5, 5.41) is 30.1. The van der Waals surface area contributed by atoms with E-state index in [2.05, 4.69) is 0 Å². The predicted molar refractivity (Wildman–Crippen MR) is 79.2 cm³/mol. The molecule has 0 bridgehead atoms. The maximum Gasteiger partial charge on any atom is 0.204 e. The maximum absolute atomic E-state index is 12.7. The van der Waals surface area contributed by atoms with Gasteiger partial charge >= 0.3 is 0 Å². The van der Waals surface area contributed by atoms with Gasteiger partial charge in [0.25, 0.3) is 0 Å². The SMILES string of the molecule is Cc1c(O)cc2oc3cc(O)c(C)c(O)c3c(=O)c2c1C. The summed E-state index contributed by atoms with van der Waals surface area (Å²) in [5.41, 5.74) is 1.33. The van der Waals surface area contributed by atoms with Gasteiger partial charge in [-0.25, -0.2) is 0 Å². The Morgan fingerprint density at radius 3 is 1.95 bits per heavy atom. The molecule has 5 nitrogen and oxygen atoms in total. The largest absolute Gasteiger partial charge is 0.508 e. The number of aryl methyl sites for hydroxylation is 1. The summed E-state index contributed by atoms with van der Waals surface area (Å²) in [6, 6.07) is 2.66. The zero-order chi connectivity index (χ0) is 15.5. The number of benzene rings is 2. The van der Waals surface area contributed by atoms with Gasteiger partial charge in [-0.2, -0.15) is 0 Å². The minimum atomic E-state index is -0.382. The Labute approximate surface area is 119 Å². The lowest BCUT2D eigenvalue weighted by Crippen LogP contribution is -2.06. The van der Waals surface area contributed by atoms with Crippen LogP contribution in [0.1, 0.15) is 16.7 Å². The van der Waals surface area contributed by atoms with Gasteiger partial charge in [0.15, 0.2) is 0 Å². The third-order valence-corrected chi connectivity index (χ3v) is 4.00. The molecule has 5 heteroatoms. The van der Waals surface area contributed by atoms with E-state index in [1.165, 1.54) is 19.1 Å². The Morgan fingerprint density at radius 2 is 1.33 bits per heavy atom. The zero-order valence-electron chi connectivity index (χ0n) is 11.8. The molecular formula is C16H14O5. The summed E-state index contributed by atoms with van der Waals surface area (Å²) >= 11 is 0. The maximum atomic E-state index is 12.7. The predicted octanol–water partition coefficient (Wildman–Crippen LogP) is 2.99. The number of rotatable bonds is 0. The van der Waals surface area contributed by atoms with Crippen molar-refractivity contribution in [3.8, 4) is 17.2 Å². The van der Waals surface area contributed by atoms with Crippen LogP contribution in [-0.2, 0) is 0 Å². The number of hydrogen-bond donors (Lipinski definition) is 3. The second-order valence-corrected chi connectivity index (χ2v) is 5.19. The van der Waals surface area contributed by atoms with Crippen LogP contribution in [0.15, 0.2) is 21.3 Å². The number of phenols is 3. The normalized spacial score (nSPS) is 11.4. The zero-order valence-corrected chi connectivity index (χ0v) is 11.8. The Hall–Kier alpha value is -2.69. The summed E-state index contributed by atoms with van der Waals surface area (Å²) in [6.45, 7) is 4.93. The van der Waals surface area contributed by atoms with Crippen molar-refractivity contribution in [2.24, 2.45) is 0 Å². The molecule has 0 spiro atoms. The van der Waals surface area contributed by atoms with Crippen LogP contribution >= 0.6 is 0 Å². The molecule has 0 aliphatic heterocycles. The van der Waals surface area contributed by atoms with Crippen molar-refractivity contribution in [2.75, 3.05) is 0 Å². The standard InChI is InChI=1S/C16H14O5/c1-6-7(2)13-11(4-9(6)17)21-12-5-10(18)8(3)15(19)14(12)16(13)20/h4-5,17-19H,1-3H3. The molecule has 21 heavy (non-hydrogen) atoms. The Bertz CT molecular complexity index is 891. The van der Waals surface area contributed by atoms with Gasteiger partial charge < -0.3 is 19.7 Å². The fourth-order valence-electron chi connectivity index (χ4n) is 2.51. The van der Waals surface area contributed by atoms with Crippen LogP contribution in [0.5, 0.6) is 17.2 Å². The minimum absolute atomic E-state index is 0.0306. The molecule has 1 aromatic heterocycles. The molecule has 0 fully saturated rings. The van der Waals surface area contributed by atoms with Crippen LogP contribution < -0.4 is 5.43 Å². The molecule has 0 atom stereocenters. The molecular weight excluding hydrogens is 272 g/mol. The molecule has 3 rings (SSSR count). The summed E-state index contributed by atoms with van der Waals surface area (Å²) in [4.78, 5) is 12.7. The van der Waals surface area contributed by atoms with Crippen molar-refractivity contribution in [1.29, 1.82) is 0 Å². The van der Waals surface area contributed by atoms with Gasteiger partial charge in [-0.05, 0) is 31.9 Å². The smallest absolute Gasteiger partial charge is 0.204 e. The fourth-order valence-corrected chi connectivity index (χ4v) is 2.51. The highest BCUT2D eigenvalue weighted by molar-refractivity contribution is 5.96. The second-order valence-electron chi connectivity index (χ2n) is 5.19.